The first kappa shape index (κ1) is 24.2. The molecular formula is C24H28ClF2N5O2. The van der Waals surface area contributed by atoms with Gasteiger partial charge in [-0.25, -0.2) is 13.6 Å². The Balaban J connectivity index is 1.42. The van der Waals surface area contributed by atoms with Gasteiger partial charge >= 0.3 is 6.03 Å². The molecule has 10 heteroatoms. The number of nitrogens with zero attached hydrogens (tertiary/aromatic N) is 3. The van der Waals surface area contributed by atoms with E-state index in [1.54, 1.807) is 6.07 Å². The van der Waals surface area contributed by atoms with Gasteiger partial charge in [-0.05, 0) is 69.8 Å². The fourth-order valence-electron chi connectivity index (χ4n) is 4.47. The average molecular weight is 492 g/mol. The second kappa shape index (κ2) is 10.1. The summed E-state index contributed by atoms with van der Waals surface area (Å²) < 4.78 is 29.0. The first-order valence-corrected chi connectivity index (χ1v) is 11.7. The minimum atomic E-state index is -0.845. The molecule has 34 heavy (non-hydrogen) atoms. The van der Waals surface area contributed by atoms with E-state index in [0.29, 0.717) is 25.4 Å². The third-order valence-corrected chi connectivity index (χ3v) is 6.64. The second-order valence-electron chi connectivity index (χ2n) is 8.90. The zero-order chi connectivity index (χ0) is 24.4. The maximum absolute atomic E-state index is 15.1. The topological polar surface area (TPSA) is 67.9 Å². The number of hydrogen-bond acceptors (Lipinski definition) is 4. The van der Waals surface area contributed by atoms with Gasteiger partial charge in [0.05, 0.1) is 11.4 Å². The molecule has 2 atom stereocenters. The summed E-state index contributed by atoms with van der Waals surface area (Å²) in [6.45, 7) is 2.02. The Labute approximate surface area is 202 Å². The number of carbonyl (C=O) groups excluding carboxylic acids is 2. The summed E-state index contributed by atoms with van der Waals surface area (Å²) in [6.07, 6.45) is 2.01. The first-order valence-electron chi connectivity index (χ1n) is 11.3. The van der Waals surface area contributed by atoms with E-state index in [2.05, 4.69) is 20.4 Å². The lowest BCUT2D eigenvalue weighted by Crippen LogP contribution is -2.53. The van der Waals surface area contributed by atoms with E-state index in [1.165, 1.54) is 23.1 Å². The number of urea groups is 1. The normalized spacial score (nSPS) is 20.7. The lowest BCUT2D eigenvalue weighted by atomic mass is 10.0. The second-order valence-corrected chi connectivity index (χ2v) is 9.33. The molecule has 1 unspecified atom stereocenters. The Morgan fingerprint density at radius 2 is 1.88 bits per heavy atom. The van der Waals surface area contributed by atoms with E-state index < -0.39 is 29.6 Å². The van der Waals surface area contributed by atoms with Crippen LogP contribution in [0.2, 0.25) is 5.02 Å². The van der Waals surface area contributed by atoms with Crippen molar-refractivity contribution in [3.63, 3.8) is 0 Å². The molecule has 2 N–H and O–H groups in total. The van der Waals surface area contributed by atoms with Gasteiger partial charge in [0.1, 0.15) is 17.7 Å². The van der Waals surface area contributed by atoms with Crippen molar-refractivity contribution in [1.29, 1.82) is 0 Å². The quantitative estimate of drug-likeness (QED) is 0.661. The third-order valence-electron chi connectivity index (χ3n) is 6.40. The van der Waals surface area contributed by atoms with Gasteiger partial charge in [-0.1, -0.05) is 11.6 Å². The molecule has 0 bridgehead atoms. The molecule has 2 aliphatic heterocycles. The average Bonchev–Trinajstić information content (AvgIpc) is 3.28. The van der Waals surface area contributed by atoms with Gasteiger partial charge in [0.2, 0.25) is 5.91 Å². The zero-order valence-corrected chi connectivity index (χ0v) is 19.9. The molecule has 7 nitrogen and oxygen atoms in total. The van der Waals surface area contributed by atoms with Crippen LogP contribution < -0.4 is 20.4 Å². The van der Waals surface area contributed by atoms with Gasteiger partial charge in [0, 0.05) is 36.4 Å². The van der Waals surface area contributed by atoms with E-state index in [1.807, 2.05) is 20.2 Å². The minimum absolute atomic E-state index is 0.0536. The molecule has 182 valence electrons. The number of likely N-dealkylation sites (N-methyl/N-ethyl adjacent to an activating group) is 1. The van der Waals surface area contributed by atoms with Gasteiger partial charge in [-0.3, -0.25) is 4.79 Å². The van der Waals surface area contributed by atoms with Crippen molar-refractivity contribution in [2.45, 2.75) is 31.3 Å². The number of benzene rings is 2. The van der Waals surface area contributed by atoms with Crippen LogP contribution >= 0.6 is 11.6 Å². The number of nitrogens with one attached hydrogen (secondary N) is 2. The summed E-state index contributed by atoms with van der Waals surface area (Å²) in [4.78, 5) is 31.1. The van der Waals surface area contributed by atoms with E-state index in [0.717, 1.165) is 31.3 Å². The minimum Gasteiger partial charge on any atom is -0.370 e. The van der Waals surface area contributed by atoms with Crippen molar-refractivity contribution < 1.29 is 18.4 Å². The maximum atomic E-state index is 15.1. The largest absolute Gasteiger partial charge is 0.370 e. The predicted molar refractivity (Wildman–Crippen MR) is 130 cm³/mol. The number of piperidine rings is 1. The molecule has 0 spiro atoms. The van der Waals surface area contributed by atoms with Gasteiger partial charge in [-0.2, -0.15) is 0 Å². The van der Waals surface area contributed by atoms with E-state index in [4.69, 9.17) is 11.6 Å². The predicted octanol–water partition coefficient (Wildman–Crippen LogP) is 4.08. The molecule has 2 fully saturated rings. The van der Waals surface area contributed by atoms with Crippen LogP contribution in [0, 0.1) is 11.6 Å². The van der Waals surface area contributed by atoms with Crippen LogP contribution in [0.25, 0.3) is 0 Å². The van der Waals surface area contributed by atoms with Crippen molar-refractivity contribution in [1.82, 2.24) is 10.2 Å². The van der Waals surface area contributed by atoms with Crippen LogP contribution in [0.15, 0.2) is 36.4 Å². The molecule has 0 aliphatic carbocycles. The van der Waals surface area contributed by atoms with Crippen LogP contribution in [-0.4, -0.2) is 62.7 Å². The van der Waals surface area contributed by atoms with Crippen molar-refractivity contribution in [2.75, 3.05) is 48.8 Å². The van der Waals surface area contributed by atoms with Crippen molar-refractivity contribution in [3.8, 4) is 0 Å². The molecular weight excluding hydrogens is 464 g/mol. The molecule has 2 aliphatic rings. The number of carbonyl (C=O) groups is 2. The summed E-state index contributed by atoms with van der Waals surface area (Å²) in [5.74, 6) is -1.57. The van der Waals surface area contributed by atoms with E-state index in [9.17, 15) is 14.0 Å². The highest BCUT2D eigenvalue weighted by Gasteiger charge is 2.33. The SMILES string of the molecule is CN(C)C1CCN(c2ccc(N3CCC[C@@H](NC(=O)Nc4ccc(Cl)cc4F)C3=O)c(F)c2)C1. The van der Waals surface area contributed by atoms with Gasteiger partial charge < -0.3 is 25.3 Å². The molecule has 4 rings (SSSR count). The van der Waals surface area contributed by atoms with Gasteiger partial charge in [-0.15, -0.1) is 0 Å². The molecule has 3 amide bonds. The Morgan fingerprint density at radius 1 is 1.09 bits per heavy atom. The van der Waals surface area contributed by atoms with Crippen LogP contribution in [0.5, 0.6) is 0 Å². The Morgan fingerprint density at radius 3 is 2.56 bits per heavy atom. The summed E-state index contributed by atoms with van der Waals surface area (Å²) in [5, 5.41) is 5.16. The van der Waals surface area contributed by atoms with Crippen molar-refractivity contribution >= 4 is 40.6 Å². The first-order chi connectivity index (χ1) is 16.2. The van der Waals surface area contributed by atoms with Gasteiger partial charge in [0.15, 0.2) is 0 Å². The molecule has 2 heterocycles. The maximum Gasteiger partial charge on any atom is 0.319 e. The lowest BCUT2D eigenvalue weighted by Gasteiger charge is -2.33. The number of rotatable bonds is 5. The Bertz CT molecular complexity index is 1080. The Kier molecular flexibility index (Phi) is 7.23. The molecule has 2 aromatic carbocycles. The Hall–Kier alpha value is -2.91. The van der Waals surface area contributed by atoms with Crippen molar-refractivity contribution in [3.05, 3.63) is 53.1 Å². The highest BCUT2D eigenvalue weighted by atomic mass is 35.5. The van der Waals surface area contributed by atoms with E-state index >= 15 is 4.39 Å². The molecule has 2 saturated heterocycles. The lowest BCUT2D eigenvalue weighted by molar-refractivity contribution is -0.121. The highest BCUT2D eigenvalue weighted by molar-refractivity contribution is 6.30. The van der Waals surface area contributed by atoms with Crippen LogP contribution in [0.1, 0.15) is 19.3 Å². The number of halogens is 3. The molecule has 0 saturated carbocycles. The highest BCUT2D eigenvalue weighted by Crippen LogP contribution is 2.30. The fraction of sp³-hybridized carbons (Fsp3) is 0.417. The molecule has 0 radical (unpaired) electrons. The monoisotopic (exact) mass is 491 g/mol. The number of anilines is 3. The van der Waals surface area contributed by atoms with E-state index in [-0.39, 0.29) is 16.4 Å². The summed E-state index contributed by atoms with van der Waals surface area (Å²) >= 11 is 5.73. The standard InChI is InChI=1S/C24H28ClF2N5O2/c1-30(2)17-9-11-31(14-17)16-6-8-22(19(27)13-16)32-10-3-4-21(23(32)33)29-24(34)28-20-7-5-15(25)12-18(20)26/h5-8,12-13,17,21H,3-4,9-11,14H2,1-2H3,(H2,28,29,34)/t17?,21-/m1/s1. The summed E-state index contributed by atoms with van der Waals surface area (Å²) in [7, 11) is 4.08. The summed E-state index contributed by atoms with van der Waals surface area (Å²) in [6, 6.07) is 7.64. The van der Waals surface area contributed by atoms with Crippen LogP contribution in [-0.2, 0) is 4.79 Å². The van der Waals surface area contributed by atoms with Crippen LogP contribution in [0.3, 0.4) is 0 Å². The fourth-order valence-corrected chi connectivity index (χ4v) is 4.62. The zero-order valence-electron chi connectivity index (χ0n) is 19.2. The number of amides is 3. The smallest absolute Gasteiger partial charge is 0.319 e. The van der Waals surface area contributed by atoms with Crippen LogP contribution in [0.4, 0.5) is 30.6 Å². The summed E-state index contributed by atoms with van der Waals surface area (Å²) in [5.41, 5.74) is 0.920. The number of hydrogen-bond donors (Lipinski definition) is 2. The molecule has 0 aromatic heterocycles. The molecule has 2 aromatic rings. The third kappa shape index (κ3) is 5.26. The van der Waals surface area contributed by atoms with Crippen molar-refractivity contribution in [2.24, 2.45) is 0 Å². The van der Waals surface area contributed by atoms with Gasteiger partial charge in [0.25, 0.3) is 0 Å².